The van der Waals surface area contributed by atoms with Gasteiger partial charge in [-0.2, -0.15) is 18.3 Å². The van der Waals surface area contributed by atoms with Crippen LogP contribution in [-0.4, -0.2) is 52.5 Å². The summed E-state index contributed by atoms with van der Waals surface area (Å²) >= 11 is 0. The average Bonchev–Trinajstić information content (AvgIpc) is 3.18. The van der Waals surface area contributed by atoms with Crippen LogP contribution >= 0.6 is 0 Å². The van der Waals surface area contributed by atoms with Crippen molar-refractivity contribution in [2.45, 2.75) is 31.5 Å². The first-order valence-electron chi connectivity index (χ1n) is 9.18. The molecule has 0 unspecified atom stereocenters. The normalized spacial score (nSPS) is 18.2. The molecule has 32 heavy (non-hydrogen) atoms. The number of hydrogen-bond acceptors (Lipinski definition) is 4. The van der Waals surface area contributed by atoms with E-state index >= 15 is 0 Å². The van der Waals surface area contributed by atoms with Gasteiger partial charge in [0.2, 0.25) is 5.91 Å². The quantitative estimate of drug-likeness (QED) is 0.605. The number of amides is 3. The first-order chi connectivity index (χ1) is 14.8. The summed E-state index contributed by atoms with van der Waals surface area (Å²) < 4.78 is 79.9. The molecule has 1 saturated heterocycles. The second-order valence-electron chi connectivity index (χ2n) is 6.87. The zero-order valence-electron chi connectivity index (χ0n) is 16.3. The Balaban J connectivity index is 1.90. The van der Waals surface area contributed by atoms with E-state index in [2.05, 4.69) is 25.6 Å². The third-order valence-corrected chi connectivity index (χ3v) is 4.67. The Morgan fingerprint density at radius 1 is 1.22 bits per heavy atom. The van der Waals surface area contributed by atoms with Crippen LogP contribution in [0.3, 0.4) is 0 Å². The van der Waals surface area contributed by atoms with Crippen molar-refractivity contribution >= 4 is 11.9 Å². The third-order valence-electron chi connectivity index (χ3n) is 4.67. The van der Waals surface area contributed by atoms with Crippen LogP contribution in [0.25, 0.3) is 0 Å². The highest BCUT2D eigenvalue weighted by Crippen LogP contribution is 2.31. The largest absolute Gasteiger partial charge is 0.573 e. The summed E-state index contributed by atoms with van der Waals surface area (Å²) in [7, 11) is 0. The molecule has 0 radical (unpaired) electrons. The number of benzene rings is 1. The number of H-pyrrole nitrogens is 1. The summed E-state index contributed by atoms with van der Waals surface area (Å²) in [6, 6.07) is 2.09. The minimum absolute atomic E-state index is 0.152. The lowest BCUT2D eigenvalue weighted by Crippen LogP contribution is -2.58. The van der Waals surface area contributed by atoms with E-state index in [4.69, 9.17) is 0 Å². The molecule has 174 valence electrons. The lowest BCUT2D eigenvalue weighted by atomic mass is 10.0. The van der Waals surface area contributed by atoms with E-state index < -0.39 is 48.0 Å². The SMILES string of the molecule is C[C@@H]1C(=O)NCCN1C(=O)N[C@@H](c1ccc(OC(F)(F)F)cc1)c1cc(C(F)(F)F)n[nH]1. The number of carbonyl (C=O) groups excluding carboxylic acids is 2. The number of hydrogen-bond donors (Lipinski definition) is 3. The minimum Gasteiger partial charge on any atom is -0.406 e. The van der Waals surface area contributed by atoms with E-state index in [1.54, 1.807) is 0 Å². The topological polar surface area (TPSA) is 99.3 Å². The van der Waals surface area contributed by atoms with Gasteiger partial charge in [0.05, 0.1) is 11.7 Å². The zero-order valence-corrected chi connectivity index (χ0v) is 16.3. The molecule has 1 aliphatic rings. The van der Waals surface area contributed by atoms with Crippen molar-refractivity contribution in [2.24, 2.45) is 0 Å². The Hall–Kier alpha value is -3.45. The van der Waals surface area contributed by atoms with Crippen LogP contribution in [-0.2, 0) is 11.0 Å². The monoisotopic (exact) mass is 465 g/mol. The number of ether oxygens (including phenoxy) is 1. The minimum atomic E-state index is -4.93. The van der Waals surface area contributed by atoms with Crippen LogP contribution in [0, 0.1) is 0 Å². The van der Waals surface area contributed by atoms with E-state index in [0.29, 0.717) is 6.07 Å². The van der Waals surface area contributed by atoms with Gasteiger partial charge in [-0.3, -0.25) is 9.89 Å². The molecule has 14 heteroatoms. The Labute approximate surface area is 176 Å². The van der Waals surface area contributed by atoms with Crippen LogP contribution in [0.15, 0.2) is 30.3 Å². The van der Waals surface area contributed by atoms with Gasteiger partial charge in [0, 0.05) is 13.1 Å². The molecule has 2 heterocycles. The highest BCUT2D eigenvalue weighted by Gasteiger charge is 2.36. The summed E-state index contributed by atoms with van der Waals surface area (Å²) in [4.78, 5) is 25.8. The van der Waals surface area contributed by atoms with E-state index in [1.165, 1.54) is 11.8 Å². The molecular weight excluding hydrogens is 448 g/mol. The van der Waals surface area contributed by atoms with Gasteiger partial charge < -0.3 is 20.3 Å². The molecule has 2 aromatic rings. The molecule has 0 bridgehead atoms. The van der Waals surface area contributed by atoms with Crippen molar-refractivity contribution < 1.29 is 40.7 Å². The maximum Gasteiger partial charge on any atom is 0.573 e. The van der Waals surface area contributed by atoms with Gasteiger partial charge >= 0.3 is 18.6 Å². The molecule has 1 aromatic heterocycles. The Bertz CT molecular complexity index is 973. The number of aromatic nitrogens is 2. The molecule has 2 atom stereocenters. The number of rotatable bonds is 4. The molecule has 1 aromatic carbocycles. The average molecular weight is 465 g/mol. The van der Waals surface area contributed by atoms with E-state index in [1.807, 2.05) is 0 Å². The number of carbonyl (C=O) groups is 2. The number of nitrogens with one attached hydrogen (secondary N) is 3. The Morgan fingerprint density at radius 2 is 1.88 bits per heavy atom. The fourth-order valence-electron chi connectivity index (χ4n) is 3.10. The van der Waals surface area contributed by atoms with Gasteiger partial charge in [0.15, 0.2) is 5.69 Å². The highest BCUT2D eigenvalue weighted by molar-refractivity contribution is 5.88. The second kappa shape index (κ2) is 8.59. The highest BCUT2D eigenvalue weighted by atomic mass is 19.4. The summed E-state index contributed by atoms with van der Waals surface area (Å²) in [6.07, 6.45) is -9.68. The summed E-state index contributed by atoms with van der Waals surface area (Å²) in [6.45, 7) is 1.82. The van der Waals surface area contributed by atoms with E-state index in [0.717, 1.165) is 24.3 Å². The molecule has 8 nitrogen and oxygen atoms in total. The fourth-order valence-corrected chi connectivity index (χ4v) is 3.10. The maximum atomic E-state index is 13.0. The zero-order chi connectivity index (χ0) is 23.7. The molecule has 3 amide bonds. The lowest BCUT2D eigenvalue weighted by molar-refractivity contribution is -0.274. The van der Waals surface area contributed by atoms with Crippen LogP contribution in [0.4, 0.5) is 31.1 Å². The van der Waals surface area contributed by atoms with E-state index in [-0.39, 0.29) is 24.3 Å². The first-order valence-corrected chi connectivity index (χ1v) is 9.18. The van der Waals surface area contributed by atoms with Crippen molar-refractivity contribution in [2.75, 3.05) is 13.1 Å². The summed E-state index contributed by atoms with van der Waals surface area (Å²) in [5.74, 6) is -0.953. The maximum absolute atomic E-state index is 13.0. The predicted octanol–water partition coefficient (Wildman–Crippen LogP) is 2.95. The lowest BCUT2D eigenvalue weighted by Gasteiger charge is -2.34. The van der Waals surface area contributed by atoms with Crippen LogP contribution in [0.5, 0.6) is 5.75 Å². The smallest absolute Gasteiger partial charge is 0.406 e. The Morgan fingerprint density at radius 3 is 2.44 bits per heavy atom. The van der Waals surface area contributed by atoms with Gasteiger partial charge in [-0.05, 0) is 30.7 Å². The molecule has 0 saturated carbocycles. The second-order valence-corrected chi connectivity index (χ2v) is 6.87. The first kappa shape index (κ1) is 23.2. The molecule has 3 rings (SSSR count). The number of piperazine rings is 1. The molecule has 0 aliphatic carbocycles. The number of nitrogens with zero attached hydrogens (tertiary/aromatic N) is 2. The number of halogens is 6. The van der Waals surface area contributed by atoms with Gasteiger partial charge in [0.25, 0.3) is 0 Å². The van der Waals surface area contributed by atoms with Crippen molar-refractivity contribution in [3.05, 3.63) is 47.3 Å². The third kappa shape index (κ3) is 5.42. The number of urea groups is 1. The van der Waals surface area contributed by atoms with Crippen molar-refractivity contribution in [3.63, 3.8) is 0 Å². The van der Waals surface area contributed by atoms with Gasteiger partial charge in [-0.15, -0.1) is 13.2 Å². The van der Waals surface area contributed by atoms with Gasteiger partial charge in [-0.25, -0.2) is 4.79 Å². The van der Waals surface area contributed by atoms with Crippen LogP contribution in [0.2, 0.25) is 0 Å². The van der Waals surface area contributed by atoms with E-state index in [9.17, 15) is 35.9 Å². The number of aromatic amines is 1. The predicted molar refractivity (Wildman–Crippen MR) is 96.3 cm³/mol. The molecule has 0 spiro atoms. The van der Waals surface area contributed by atoms with Crippen molar-refractivity contribution in [1.82, 2.24) is 25.7 Å². The summed E-state index contributed by atoms with van der Waals surface area (Å²) in [5.41, 5.74) is -1.25. The van der Waals surface area contributed by atoms with Gasteiger partial charge in [0.1, 0.15) is 11.8 Å². The molecular formula is C18H17F6N5O3. The number of alkyl halides is 6. The van der Waals surface area contributed by atoms with Crippen LogP contribution < -0.4 is 15.4 Å². The standard InChI is InChI=1S/C18H17F6N5O3/c1-9-15(30)25-6-7-29(9)16(31)26-14(12-8-13(28-27-12)17(19,20)21)10-2-4-11(5-3-10)32-18(22,23)24/h2-5,8-9,14H,6-7H2,1H3,(H,25,30)(H,26,31)(H,27,28)/t9-,14+/m1/s1. The summed E-state index contributed by atoms with van der Waals surface area (Å²) in [5, 5.41) is 10.5. The van der Waals surface area contributed by atoms with Crippen LogP contribution in [0.1, 0.15) is 29.9 Å². The van der Waals surface area contributed by atoms with Crippen molar-refractivity contribution in [1.29, 1.82) is 0 Å². The fraction of sp³-hybridized carbons (Fsp3) is 0.389. The molecule has 1 fully saturated rings. The Kier molecular flexibility index (Phi) is 6.23. The van der Waals surface area contributed by atoms with Gasteiger partial charge in [-0.1, -0.05) is 12.1 Å². The molecule has 1 aliphatic heterocycles. The molecule has 3 N–H and O–H groups in total. The van der Waals surface area contributed by atoms with Crippen molar-refractivity contribution in [3.8, 4) is 5.75 Å².